The van der Waals surface area contributed by atoms with Gasteiger partial charge >= 0.3 is 6.03 Å². The number of hydrogen-bond acceptors (Lipinski definition) is 5. The number of aliphatic imine (C=N–C) groups is 1. The van der Waals surface area contributed by atoms with Gasteiger partial charge in [0.15, 0.2) is 0 Å². The van der Waals surface area contributed by atoms with E-state index in [9.17, 15) is 4.79 Å². The van der Waals surface area contributed by atoms with Gasteiger partial charge in [0.25, 0.3) is 0 Å². The molecule has 154 valence electrons. The molecule has 7 heteroatoms. The molecule has 2 aliphatic heterocycles. The normalized spacial score (nSPS) is 22.2. The zero-order chi connectivity index (χ0) is 21.3. The predicted octanol–water partition coefficient (Wildman–Crippen LogP) is 2.88. The molecule has 3 N–H and O–H groups in total. The first-order valence-electron chi connectivity index (χ1n) is 10.1. The third-order valence-electron chi connectivity index (χ3n) is 5.53. The summed E-state index contributed by atoms with van der Waals surface area (Å²) in [6.07, 6.45) is 10.0. The number of anilines is 1. The summed E-state index contributed by atoms with van der Waals surface area (Å²) >= 11 is 0. The van der Waals surface area contributed by atoms with Crippen LogP contribution in [0.1, 0.15) is 32.8 Å². The summed E-state index contributed by atoms with van der Waals surface area (Å²) < 4.78 is 0. The van der Waals surface area contributed by atoms with Gasteiger partial charge in [0.2, 0.25) is 5.95 Å². The Kier molecular flexibility index (Phi) is 5.17. The van der Waals surface area contributed by atoms with Gasteiger partial charge in [-0.05, 0) is 36.5 Å². The largest absolute Gasteiger partial charge is 0.351 e. The second kappa shape index (κ2) is 7.79. The van der Waals surface area contributed by atoms with E-state index in [0.29, 0.717) is 12.0 Å². The molecule has 1 aromatic heterocycles. The molecule has 1 saturated heterocycles. The van der Waals surface area contributed by atoms with Crippen molar-refractivity contribution in [2.24, 2.45) is 22.1 Å². The van der Waals surface area contributed by atoms with Crippen molar-refractivity contribution in [2.45, 2.75) is 27.2 Å². The Bertz CT molecular complexity index is 1060. The molecule has 3 heterocycles. The summed E-state index contributed by atoms with van der Waals surface area (Å²) in [4.78, 5) is 27.8. The van der Waals surface area contributed by atoms with Crippen LogP contribution in [0.3, 0.4) is 0 Å². The van der Waals surface area contributed by atoms with Gasteiger partial charge in [0, 0.05) is 54.8 Å². The fraction of sp³-hybridized carbons (Fsp3) is 0.391. The lowest BCUT2D eigenvalue weighted by Crippen LogP contribution is -2.53. The molecule has 1 aromatic rings. The first-order chi connectivity index (χ1) is 14.3. The summed E-state index contributed by atoms with van der Waals surface area (Å²) in [7, 11) is 0. The Hall–Kier alpha value is -3.40. The quantitative estimate of drug-likeness (QED) is 0.757. The molecular formula is C23H26N6O. The van der Waals surface area contributed by atoms with Crippen LogP contribution < -0.4 is 16.0 Å². The molecule has 7 nitrogen and oxygen atoms in total. The van der Waals surface area contributed by atoms with E-state index in [2.05, 4.69) is 45.5 Å². The zero-order valence-electron chi connectivity index (χ0n) is 17.6. The van der Waals surface area contributed by atoms with Crippen molar-refractivity contribution in [1.29, 1.82) is 0 Å². The number of amides is 2. The van der Waals surface area contributed by atoms with E-state index in [1.807, 2.05) is 19.1 Å². The molecule has 1 aliphatic carbocycles. The lowest BCUT2D eigenvalue weighted by molar-refractivity contribution is 0.250. The number of rotatable bonds is 4. The molecular weight excluding hydrogens is 376 g/mol. The highest BCUT2D eigenvalue weighted by Gasteiger charge is 2.35. The van der Waals surface area contributed by atoms with Gasteiger partial charge in [-0.2, -0.15) is 0 Å². The van der Waals surface area contributed by atoms with E-state index in [-0.39, 0.29) is 5.92 Å². The van der Waals surface area contributed by atoms with Gasteiger partial charge in [-0.15, -0.1) is 0 Å². The SMILES string of the molecule is CC1=C(NC(N)=O)C(C2=C=C=CC=C2)CCN=C1c1cnc(N2CC(C)(C)C2)nc1. The standard InChI is InChI=1S/C23H26N6O/c1-15-19(17-11-26-22(27-12-17)29-13-23(2,3)14-29)25-10-9-18(20(15)28-21(24)30)16-7-5-4-6-8-16/h4-5,7,11-12,18H,9-10,13-14H2,1-3H3,(H3,24,28,30). The van der Waals surface area contributed by atoms with Crippen LogP contribution in [0, 0.1) is 11.3 Å². The molecule has 0 saturated carbocycles. The second-order valence-corrected chi connectivity index (χ2v) is 8.64. The number of nitrogens with two attached hydrogens (primary N) is 1. The Morgan fingerprint density at radius 1 is 1.30 bits per heavy atom. The number of carbonyl (C=O) groups excluding carboxylic acids is 1. The number of allylic oxidation sites excluding steroid dienone is 5. The predicted molar refractivity (Wildman–Crippen MR) is 117 cm³/mol. The van der Waals surface area contributed by atoms with Gasteiger partial charge in [-0.3, -0.25) is 4.99 Å². The number of carbonyl (C=O) groups is 1. The number of aromatic nitrogens is 2. The maximum absolute atomic E-state index is 11.7. The van der Waals surface area contributed by atoms with E-state index in [0.717, 1.165) is 53.6 Å². The van der Waals surface area contributed by atoms with Crippen LogP contribution >= 0.6 is 0 Å². The topological polar surface area (TPSA) is 96.5 Å². The highest BCUT2D eigenvalue weighted by atomic mass is 16.2. The summed E-state index contributed by atoms with van der Waals surface area (Å²) in [6.45, 7) is 8.92. The lowest BCUT2D eigenvalue weighted by atomic mass is 9.85. The number of primary amides is 1. The van der Waals surface area contributed by atoms with Crippen molar-refractivity contribution in [1.82, 2.24) is 15.3 Å². The van der Waals surface area contributed by atoms with Gasteiger partial charge < -0.3 is 16.0 Å². The molecule has 1 atom stereocenters. The van der Waals surface area contributed by atoms with Gasteiger partial charge in [-0.1, -0.05) is 31.4 Å². The minimum Gasteiger partial charge on any atom is -0.351 e. The summed E-state index contributed by atoms with van der Waals surface area (Å²) in [5.41, 5.74) is 16.1. The maximum atomic E-state index is 11.7. The van der Waals surface area contributed by atoms with E-state index in [4.69, 9.17) is 10.7 Å². The smallest absolute Gasteiger partial charge is 0.316 e. The first-order valence-corrected chi connectivity index (χ1v) is 10.1. The van der Waals surface area contributed by atoms with Crippen molar-refractivity contribution < 1.29 is 4.79 Å². The number of nitrogens with zero attached hydrogens (tertiary/aromatic N) is 4. The number of urea groups is 1. The number of hydrogen-bond donors (Lipinski definition) is 2. The summed E-state index contributed by atoms with van der Waals surface area (Å²) in [6, 6.07) is -0.595. The minimum atomic E-state index is -0.595. The van der Waals surface area contributed by atoms with Crippen molar-refractivity contribution in [3.8, 4) is 0 Å². The van der Waals surface area contributed by atoms with Crippen LogP contribution in [0.5, 0.6) is 0 Å². The van der Waals surface area contributed by atoms with Gasteiger partial charge in [0.1, 0.15) is 0 Å². The van der Waals surface area contributed by atoms with E-state index >= 15 is 0 Å². The highest BCUT2D eigenvalue weighted by Crippen LogP contribution is 2.32. The van der Waals surface area contributed by atoms with E-state index < -0.39 is 6.03 Å². The number of nitrogens with one attached hydrogen (secondary N) is 1. The van der Waals surface area contributed by atoms with Crippen molar-refractivity contribution >= 4 is 17.7 Å². The molecule has 0 spiro atoms. The minimum absolute atomic E-state index is 0.0697. The van der Waals surface area contributed by atoms with Crippen LogP contribution in [-0.4, -0.2) is 41.3 Å². The van der Waals surface area contributed by atoms with E-state index in [1.165, 1.54) is 0 Å². The maximum Gasteiger partial charge on any atom is 0.316 e. The summed E-state index contributed by atoms with van der Waals surface area (Å²) in [5.74, 6) is 0.663. The third-order valence-corrected chi connectivity index (χ3v) is 5.53. The molecule has 4 rings (SSSR count). The molecule has 2 amide bonds. The Morgan fingerprint density at radius 3 is 2.63 bits per heavy atom. The molecule has 3 aliphatic rings. The Balaban J connectivity index is 1.66. The molecule has 30 heavy (non-hydrogen) atoms. The van der Waals surface area contributed by atoms with Crippen LogP contribution in [0.15, 0.2) is 63.9 Å². The van der Waals surface area contributed by atoms with Crippen molar-refractivity contribution in [3.63, 3.8) is 0 Å². The van der Waals surface area contributed by atoms with Crippen molar-refractivity contribution in [2.75, 3.05) is 24.5 Å². The lowest BCUT2D eigenvalue weighted by Gasteiger charge is -2.45. The monoisotopic (exact) mass is 402 g/mol. The molecule has 1 unspecified atom stereocenters. The molecule has 0 aromatic carbocycles. The average molecular weight is 403 g/mol. The molecule has 0 bridgehead atoms. The second-order valence-electron chi connectivity index (χ2n) is 8.64. The average Bonchev–Trinajstić information content (AvgIpc) is 2.86. The highest BCUT2D eigenvalue weighted by molar-refractivity contribution is 6.12. The van der Waals surface area contributed by atoms with E-state index in [1.54, 1.807) is 18.5 Å². The van der Waals surface area contributed by atoms with Crippen LogP contribution in [0.4, 0.5) is 10.7 Å². The molecule has 0 radical (unpaired) electrons. The molecule has 1 fully saturated rings. The fourth-order valence-corrected chi connectivity index (χ4v) is 4.19. The van der Waals surface area contributed by atoms with Crippen molar-refractivity contribution in [3.05, 3.63) is 64.5 Å². The zero-order valence-corrected chi connectivity index (χ0v) is 17.6. The van der Waals surface area contributed by atoms with Crippen LogP contribution in [0.2, 0.25) is 0 Å². The first kappa shape index (κ1) is 19.9. The summed E-state index contributed by atoms with van der Waals surface area (Å²) in [5, 5.41) is 2.83. The van der Waals surface area contributed by atoms with Gasteiger partial charge in [0.05, 0.1) is 5.71 Å². The third kappa shape index (κ3) is 3.99. The van der Waals surface area contributed by atoms with Crippen LogP contribution in [-0.2, 0) is 0 Å². The Labute approximate surface area is 176 Å². The fourth-order valence-electron chi connectivity index (χ4n) is 4.19. The van der Waals surface area contributed by atoms with Crippen LogP contribution in [0.25, 0.3) is 0 Å². The van der Waals surface area contributed by atoms with Gasteiger partial charge in [-0.25, -0.2) is 14.8 Å². The Morgan fingerprint density at radius 2 is 2.03 bits per heavy atom.